The van der Waals surface area contributed by atoms with Crippen molar-refractivity contribution >= 4 is 11.6 Å². The summed E-state index contributed by atoms with van der Waals surface area (Å²) >= 11 is 0. The van der Waals surface area contributed by atoms with Crippen molar-refractivity contribution in [2.45, 2.75) is 26.8 Å². The highest BCUT2D eigenvalue weighted by molar-refractivity contribution is 5.72. The van der Waals surface area contributed by atoms with Gasteiger partial charge in [0.05, 0.1) is 0 Å². The SMILES string of the molecule is C=Cc1ccc(/C(=C(C)/C=C\C)C(C)N)[nH]1. The highest BCUT2D eigenvalue weighted by Gasteiger charge is 2.10. The summed E-state index contributed by atoms with van der Waals surface area (Å²) in [5, 5.41) is 0. The van der Waals surface area contributed by atoms with E-state index in [1.54, 1.807) is 6.08 Å². The molecule has 1 rings (SSSR count). The van der Waals surface area contributed by atoms with Gasteiger partial charge in [-0.3, -0.25) is 0 Å². The van der Waals surface area contributed by atoms with Crippen LogP contribution in [0.15, 0.2) is 36.4 Å². The molecule has 1 unspecified atom stereocenters. The Hall–Kier alpha value is -1.54. The van der Waals surface area contributed by atoms with E-state index in [4.69, 9.17) is 5.73 Å². The lowest BCUT2D eigenvalue weighted by Gasteiger charge is -2.12. The minimum Gasteiger partial charge on any atom is -0.355 e. The monoisotopic (exact) mass is 216 g/mol. The Morgan fingerprint density at radius 1 is 1.50 bits per heavy atom. The molecule has 0 aliphatic heterocycles. The molecular weight excluding hydrogens is 196 g/mol. The second-order valence-electron chi connectivity index (χ2n) is 3.92. The van der Waals surface area contributed by atoms with Crippen LogP contribution < -0.4 is 5.73 Å². The van der Waals surface area contributed by atoms with Gasteiger partial charge in [0.25, 0.3) is 0 Å². The van der Waals surface area contributed by atoms with Gasteiger partial charge in [-0.2, -0.15) is 0 Å². The number of allylic oxidation sites excluding steroid dienone is 3. The Morgan fingerprint density at radius 2 is 2.19 bits per heavy atom. The summed E-state index contributed by atoms with van der Waals surface area (Å²) in [4.78, 5) is 3.29. The Labute approximate surface area is 97.6 Å². The molecule has 0 aliphatic carbocycles. The highest BCUT2D eigenvalue weighted by Crippen LogP contribution is 2.22. The zero-order valence-electron chi connectivity index (χ0n) is 10.2. The van der Waals surface area contributed by atoms with Crippen molar-refractivity contribution in [3.63, 3.8) is 0 Å². The van der Waals surface area contributed by atoms with E-state index in [-0.39, 0.29) is 6.04 Å². The number of nitrogens with two attached hydrogens (primary N) is 1. The van der Waals surface area contributed by atoms with Crippen LogP contribution in [0.25, 0.3) is 11.6 Å². The van der Waals surface area contributed by atoms with Gasteiger partial charge in [0.15, 0.2) is 0 Å². The van der Waals surface area contributed by atoms with Crippen LogP contribution in [0, 0.1) is 0 Å². The molecule has 2 heteroatoms. The quantitative estimate of drug-likeness (QED) is 0.745. The first-order valence-electron chi connectivity index (χ1n) is 5.51. The van der Waals surface area contributed by atoms with Crippen molar-refractivity contribution in [1.82, 2.24) is 4.98 Å². The molecule has 0 saturated carbocycles. The number of rotatable bonds is 4. The fourth-order valence-corrected chi connectivity index (χ4v) is 1.84. The third kappa shape index (κ3) is 2.74. The van der Waals surface area contributed by atoms with Gasteiger partial charge < -0.3 is 10.7 Å². The molecule has 0 aromatic carbocycles. The Morgan fingerprint density at radius 3 is 2.62 bits per heavy atom. The van der Waals surface area contributed by atoms with Crippen LogP contribution in [0.2, 0.25) is 0 Å². The molecular formula is C14H20N2. The van der Waals surface area contributed by atoms with Crippen molar-refractivity contribution in [2.75, 3.05) is 0 Å². The van der Waals surface area contributed by atoms with Crippen molar-refractivity contribution in [3.05, 3.63) is 47.8 Å². The molecule has 1 heterocycles. The van der Waals surface area contributed by atoms with E-state index in [0.29, 0.717) is 0 Å². The first kappa shape index (κ1) is 12.5. The minimum absolute atomic E-state index is 0.00696. The molecule has 0 fully saturated rings. The van der Waals surface area contributed by atoms with Crippen LogP contribution >= 0.6 is 0 Å². The van der Waals surface area contributed by atoms with Gasteiger partial charge in [0.1, 0.15) is 0 Å². The summed E-state index contributed by atoms with van der Waals surface area (Å²) < 4.78 is 0. The Kier molecular flexibility index (Phi) is 4.32. The molecule has 0 aliphatic rings. The standard InChI is InChI=1S/C14H20N2/c1-5-7-10(3)14(11(4)15)13-9-8-12(6-2)16-13/h5-9,11,16H,2,15H2,1,3-4H3/b7-5-,14-10+. The summed E-state index contributed by atoms with van der Waals surface area (Å²) in [5.41, 5.74) is 10.4. The summed E-state index contributed by atoms with van der Waals surface area (Å²) in [7, 11) is 0. The van der Waals surface area contributed by atoms with E-state index in [1.807, 2.05) is 32.1 Å². The van der Waals surface area contributed by atoms with E-state index >= 15 is 0 Å². The van der Waals surface area contributed by atoms with Gasteiger partial charge in [0, 0.05) is 17.4 Å². The third-order valence-electron chi connectivity index (χ3n) is 2.52. The first-order chi connectivity index (χ1) is 7.60. The van der Waals surface area contributed by atoms with E-state index in [9.17, 15) is 0 Å². The maximum Gasteiger partial charge on any atom is 0.0435 e. The molecule has 86 valence electrons. The van der Waals surface area contributed by atoms with Crippen molar-refractivity contribution in [3.8, 4) is 0 Å². The summed E-state index contributed by atoms with van der Waals surface area (Å²) in [5.74, 6) is 0. The van der Waals surface area contributed by atoms with Crippen molar-refractivity contribution < 1.29 is 0 Å². The van der Waals surface area contributed by atoms with Gasteiger partial charge in [-0.1, -0.05) is 18.7 Å². The van der Waals surface area contributed by atoms with Gasteiger partial charge in [0.2, 0.25) is 0 Å². The maximum absolute atomic E-state index is 6.01. The normalized spacial score (nSPS) is 15.0. The number of hydrogen-bond donors (Lipinski definition) is 2. The fraction of sp³-hybridized carbons (Fsp3) is 0.286. The number of aromatic amines is 1. The maximum atomic E-state index is 6.01. The lowest BCUT2D eigenvalue weighted by atomic mass is 10.00. The smallest absolute Gasteiger partial charge is 0.0435 e. The molecule has 0 bridgehead atoms. The lowest BCUT2D eigenvalue weighted by Crippen LogP contribution is -2.18. The van der Waals surface area contributed by atoms with E-state index in [0.717, 1.165) is 17.0 Å². The number of nitrogens with one attached hydrogen (secondary N) is 1. The fourth-order valence-electron chi connectivity index (χ4n) is 1.84. The summed E-state index contributed by atoms with van der Waals surface area (Å²) in [6.07, 6.45) is 5.90. The minimum atomic E-state index is 0.00696. The Bertz CT molecular complexity index is 420. The zero-order chi connectivity index (χ0) is 12.1. The summed E-state index contributed by atoms with van der Waals surface area (Å²) in [6.45, 7) is 9.82. The van der Waals surface area contributed by atoms with Crippen LogP contribution in [-0.2, 0) is 0 Å². The molecule has 2 nitrogen and oxygen atoms in total. The highest BCUT2D eigenvalue weighted by atomic mass is 14.7. The van der Waals surface area contributed by atoms with E-state index in [2.05, 4.69) is 24.6 Å². The Balaban J connectivity index is 3.22. The van der Waals surface area contributed by atoms with Gasteiger partial charge in [-0.15, -0.1) is 0 Å². The molecule has 0 spiro atoms. The molecule has 16 heavy (non-hydrogen) atoms. The van der Waals surface area contributed by atoms with Crippen LogP contribution in [0.1, 0.15) is 32.2 Å². The average molecular weight is 216 g/mol. The third-order valence-corrected chi connectivity index (χ3v) is 2.52. The number of aromatic nitrogens is 1. The second-order valence-corrected chi connectivity index (χ2v) is 3.92. The van der Waals surface area contributed by atoms with Crippen molar-refractivity contribution in [1.29, 1.82) is 0 Å². The first-order valence-corrected chi connectivity index (χ1v) is 5.51. The predicted octanol–water partition coefficient (Wildman–Crippen LogP) is 3.35. The predicted molar refractivity (Wildman–Crippen MR) is 71.9 cm³/mol. The second kappa shape index (κ2) is 5.52. The molecule has 0 saturated heterocycles. The topological polar surface area (TPSA) is 41.8 Å². The molecule has 0 radical (unpaired) electrons. The molecule has 1 aromatic heterocycles. The van der Waals surface area contributed by atoms with Crippen LogP contribution in [0.3, 0.4) is 0 Å². The van der Waals surface area contributed by atoms with Crippen LogP contribution in [0.4, 0.5) is 0 Å². The zero-order valence-corrected chi connectivity index (χ0v) is 10.2. The molecule has 3 N–H and O–H groups in total. The molecule has 0 amide bonds. The lowest BCUT2D eigenvalue weighted by molar-refractivity contribution is 0.932. The van der Waals surface area contributed by atoms with Gasteiger partial charge in [-0.05, 0) is 50.1 Å². The van der Waals surface area contributed by atoms with Crippen LogP contribution in [0.5, 0.6) is 0 Å². The van der Waals surface area contributed by atoms with E-state index < -0.39 is 0 Å². The van der Waals surface area contributed by atoms with Crippen LogP contribution in [-0.4, -0.2) is 11.0 Å². The van der Waals surface area contributed by atoms with Gasteiger partial charge >= 0.3 is 0 Å². The average Bonchev–Trinajstić information content (AvgIpc) is 2.66. The van der Waals surface area contributed by atoms with Gasteiger partial charge in [-0.25, -0.2) is 0 Å². The number of hydrogen-bond acceptors (Lipinski definition) is 1. The van der Waals surface area contributed by atoms with Crippen molar-refractivity contribution in [2.24, 2.45) is 5.73 Å². The molecule has 1 atom stereocenters. The number of H-pyrrole nitrogens is 1. The summed E-state index contributed by atoms with van der Waals surface area (Å²) in [6, 6.07) is 4.06. The van der Waals surface area contributed by atoms with E-state index in [1.165, 1.54) is 5.57 Å². The largest absolute Gasteiger partial charge is 0.355 e. The molecule has 1 aromatic rings.